The van der Waals surface area contributed by atoms with E-state index in [9.17, 15) is 24.8 Å². The Morgan fingerprint density at radius 1 is 1.00 bits per heavy atom. The number of piperidine rings is 1. The zero-order valence-corrected chi connectivity index (χ0v) is 27.2. The summed E-state index contributed by atoms with van der Waals surface area (Å²) in [5, 5.41) is 21.3. The predicted molar refractivity (Wildman–Crippen MR) is 177 cm³/mol. The number of benzene rings is 2. The van der Waals surface area contributed by atoms with Gasteiger partial charge < -0.3 is 19.6 Å². The van der Waals surface area contributed by atoms with Crippen molar-refractivity contribution in [3.05, 3.63) is 75.8 Å². The number of rotatable bonds is 13. The molecule has 1 N–H and O–H groups in total. The van der Waals surface area contributed by atoms with Gasteiger partial charge in [-0.15, -0.1) is 0 Å². The quantitative estimate of drug-likeness (QED) is 0.195. The highest BCUT2D eigenvalue weighted by Gasteiger charge is 2.43. The second kappa shape index (κ2) is 16.4. The zero-order valence-electron chi connectivity index (χ0n) is 27.2. The Bertz CT molecular complexity index is 1280. The van der Waals surface area contributed by atoms with E-state index in [1.807, 2.05) is 11.0 Å². The maximum atomic E-state index is 13.3. The first kappa shape index (κ1) is 33.9. The van der Waals surface area contributed by atoms with Crippen LogP contribution >= 0.6 is 0 Å². The van der Waals surface area contributed by atoms with E-state index in [1.165, 1.54) is 24.1 Å². The fourth-order valence-electron chi connectivity index (χ4n) is 7.94. The molecule has 3 atom stereocenters. The molecule has 5 rings (SSSR count). The van der Waals surface area contributed by atoms with E-state index in [0.29, 0.717) is 18.4 Å². The van der Waals surface area contributed by atoms with Crippen molar-refractivity contribution in [1.29, 1.82) is 0 Å². The minimum absolute atomic E-state index is 0.0118. The molecule has 3 unspecified atom stereocenters. The first-order valence-corrected chi connectivity index (χ1v) is 17.2. The number of hydrogen-bond acceptors (Lipinski definition) is 7. The van der Waals surface area contributed by atoms with Gasteiger partial charge in [0.2, 0.25) is 0 Å². The predicted octanol–water partition coefficient (Wildman–Crippen LogP) is 6.55. The van der Waals surface area contributed by atoms with E-state index in [-0.39, 0.29) is 30.3 Å². The Morgan fingerprint density at radius 3 is 2.33 bits per heavy atom. The van der Waals surface area contributed by atoms with Crippen LogP contribution in [-0.2, 0) is 16.1 Å². The van der Waals surface area contributed by atoms with Crippen molar-refractivity contribution in [3.8, 4) is 0 Å². The van der Waals surface area contributed by atoms with Gasteiger partial charge in [0.25, 0.3) is 5.69 Å². The standard InChI is InChI=1S/C36H50N4O6/c1-2-3-20-39(36(43)46-26-27-14-16-32(17-15-27)40(44)45)31-18-21-37(22-19-31)23-30-24-38(25-33(30)28-10-6-4-7-11-28)34(35(41)42)29-12-8-5-9-13-29/h4,6-7,10-11,14-17,29-31,33-34H,2-3,5,8-9,12-13,18-26H2,1H3,(H,41,42). The molecule has 3 fully saturated rings. The molecule has 10 nitrogen and oxygen atoms in total. The molecule has 2 saturated heterocycles. The highest BCUT2D eigenvalue weighted by Crippen LogP contribution is 2.38. The van der Waals surface area contributed by atoms with E-state index < -0.39 is 16.9 Å². The van der Waals surface area contributed by atoms with Crippen LogP contribution in [0.4, 0.5) is 10.5 Å². The highest BCUT2D eigenvalue weighted by molar-refractivity contribution is 5.74. The van der Waals surface area contributed by atoms with Crippen molar-refractivity contribution >= 4 is 17.7 Å². The molecule has 2 aromatic carbocycles. The maximum Gasteiger partial charge on any atom is 0.410 e. The minimum Gasteiger partial charge on any atom is -0.480 e. The number of carboxylic acids is 1. The van der Waals surface area contributed by atoms with Crippen LogP contribution in [-0.4, -0.2) is 88.1 Å². The van der Waals surface area contributed by atoms with Crippen LogP contribution in [0.2, 0.25) is 0 Å². The van der Waals surface area contributed by atoms with E-state index >= 15 is 0 Å². The number of unbranched alkanes of at least 4 members (excludes halogenated alkanes) is 1. The lowest BCUT2D eigenvalue weighted by atomic mass is 9.83. The summed E-state index contributed by atoms with van der Waals surface area (Å²) < 4.78 is 5.69. The average molecular weight is 635 g/mol. The number of likely N-dealkylation sites (tertiary alicyclic amines) is 2. The number of amides is 1. The second-order valence-electron chi connectivity index (χ2n) is 13.5. The third-order valence-corrected chi connectivity index (χ3v) is 10.4. The fourth-order valence-corrected chi connectivity index (χ4v) is 7.94. The maximum absolute atomic E-state index is 13.3. The molecule has 3 aliphatic rings. The monoisotopic (exact) mass is 634 g/mol. The van der Waals surface area contributed by atoms with Gasteiger partial charge in [0.15, 0.2) is 0 Å². The van der Waals surface area contributed by atoms with Gasteiger partial charge >= 0.3 is 12.1 Å². The van der Waals surface area contributed by atoms with E-state index in [4.69, 9.17) is 4.74 Å². The summed E-state index contributed by atoms with van der Waals surface area (Å²) in [4.78, 5) is 43.1. The Morgan fingerprint density at radius 2 is 1.70 bits per heavy atom. The molecule has 1 saturated carbocycles. The molecule has 0 bridgehead atoms. The van der Waals surface area contributed by atoms with Crippen LogP contribution in [0.1, 0.15) is 81.8 Å². The third-order valence-electron chi connectivity index (χ3n) is 10.4. The van der Waals surface area contributed by atoms with Crippen LogP contribution in [0.5, 0.6) is 0 Å². The van der Waals surface area contributed by atoms with Crippen molar-refractivity contribution in [3.63, 3.8) is 0 Å². The molecular weight excluding hydrogens is 584 g/mol. The lowest BCUT2D eigenvalue weighted by Crippen LogP contribution is -2.49. The Hall–Kier alpha value is -3.50. The Kier molecular flexibility index (Phi) is 12.0. The fraction of sp³-hybridized carbons (Fsp3) is 0.611. The lowest BCUT2D eigenvalue weighted by Gasteiger charge is -2.39. The van der Waals surface area contributed by atoms with Gasteiger partial charge in [0.05, 0.1) is 4.92 Å². The third kappa shape index (κ3) is 8.64. The zero-order chi connectivity index (χ0) is 32.5. The Balaban J connectivity index is 1.20. The van der Waals surface area contributed by atoms with Gasteiger partial charge in [-0.3, -0.25) is 19.8 Å². The van der Waals surface area contributed by atoms with Crippen molar-refractivity contribution in [2.45, 2.75) is 89.3 Å². The number of non-ortho nitro benzene ring substituents is 1. The van der Waals surface area contributed by atoms with Crippen LogP contribution in [0.15, 0.2) is 54.6 Å². The molecule has 250 valence electrons. The highest BCUT2D eigenvalue weighted by atomic mass is 16.6. The normalized spacial score (nSPS) is 22.4. The minimum atomic E-state index is -0.673. The molecule has 1 aliphatic carbocycles. The summed E-state index contributed by atoms with van der Waals surface area (Å²) >= 11 is 0. The van der Waals surface area contributed by atoms with Crippen molar-refractivity contribution < 1.29 is 24.4 Å². The molecular formula is C36H50N4O6. The van der Waals surface area contributed by atoms with Crippen molar-refractivity contribution in [2.24, 2.45) is 11.8 Å². The van der Waals surface area contributed by atoms with Gasteiger partial charge in [-0.25, -0.2) is 4.79 Å². The van der Waals surface area contributed by atoms with Gasteiger partial charge in [-0.1, -0.05) is 62.9 Å². The molecule has 10 heteroatoms. The summed E-state index contributed by atoms with van der Waals surface area (Å²) in [5.74, 6) is 0.186. The van der Waals surface area contributed by atoms with Gasteiger partial charge in [0, 0.05) is 63.4 Å². The number of carbonyl (C=O) groups is 2. The molecule has 0 spiro atoms. The molecule has 1 amide bonds. The Labute approximate surface area is 272 Å². The lowest BCUT2D eigenvalue weighted by molar-refractivity contribution is -0.384. The molecule has 0 radical (unpaired) electrons. The molecule has 2 heterocycles. The summed E-state index contributed by atoms with van der Waals surface area (Å²) in [6.45, 7) is 7.09. The van der Waals surface area contributed by atoms with E-state index in [0.717, 1.165) is 89.7 Å². The van der Waals surface area contributed by atoms with E-state index in [1.54, 1.807) is 12.1 Å². The molecule has 0 aromatic heterocycles. The number of nitro benzene ring substituents is 1. The molecule has 2 aliphatic heterocycles. The summed E-state index contributed by atoms with van der Waals surface area (Å²) in [6, 6.07) is 16.4. The number of hydrogen-bond donors (Lipinski definition) is 1. The van der Waals surface area contributed by atoms with Crippen molar-refractivity contribution in [1.82, 2.24) is 14.7 Å². The van der Waals surface area contributed by atoms with Crippen LogP contribution in [0, 0.1) is 22.0 Å². The number of carboxylic acid groups (broad SMARTS) is 1. The van der Waals surface area contributed by atoms with Crippen LogP contribution in [0.3, 0.4) is 0 Å². The number of aliphatic carboxylic acids is 1. The number of nitro groups is 1. The second-order valence-corrected chi connectivity index (χ2v) is 13.5. The summed E-state index contributed by atoms with van der Waals surface area (Å²) in [5.41, 5.74) is 2.02. The van der Waals surface area contributed by atoms with Gasteiger partial charge in [-0.2, -0.15) is 0 Å². The first-order chi connectivity index (χ1) is 22.3. The average Bonchev–Trinajstić information content (AvgIpc) is 3.48. The molecule has 2 aromatic rings. The first-order valence-electron chi connectivity index (χ1n) is 17.2. The van der Waals surface area contributed by atoms with Gasteiger partial charge in [0.1, 0.15) is 12.6 Å². The number of carbonyl (C=O) groups excluding carboxylic acids is 1. The summed E-state index contributed by atoms with van der Waals surface area (Å²) in [6.07, 6.45) is 8.75. The number of nitrogens with zero attached hydrogens (tertiary/aromatic N) is 4. The van der Waals surface area contributed by atoms with E-state index in [2.05, 4.69) is 41.0 Å². The number of ether oxygens (including phenoxy) is 1. The molecule has 46 heavy (non-hydrogen) atoms. The largest absolute Gasteiger partial charge is 0.480 e. The summed E-state index contributed by atoms with van der Waals surface area (Å²) in [7, 11) is 0. The smallest absolute Gasteiger partial charge is 0.410 e. The topological polar surface area (TPSA) is 116 Å². The SMILES string of the molecule is CCCCN(C(=O)OCc1ccc([N+](=O)[O-])cc1)C1CCN(CC2CN(C(C(=O)O)C3CCCCC3)CC2c2ccccc2)CC1. The van der Waals surface area contributed by atoms with Crippen LogP contribution in [0.25, 0.3) is 0 Å². The van der Waals surface area contributed by atoms with Gasteiger partial charge in [-0.05, 0) is 67.2 Å². The van der Waals surface area contributed by atoms with Crippen LogP contribution < -0.4 is 0 Å². The van der Waals surface area contributed by atoms with Crippen molar-refractivity contribution in [2.75, 3.05) is 39.3 Å².